The van der Waals surface area contributed by atoms with Gasteiger partial charge in [-0.2, -0.15) is 0 Å². The second-order valence-corrected chi connectivity index (χ2v) is 6.77. The molecule has 28 heavy (non-hydrogen) atoms. The first-order chi connectivity index (χ1) is 13.6. The zero-order valence-corrected chi connectivity index (χ0v) is 16.3. The summed E-state index contributed by atoms with van der Waals surface area (Å²) in [5.74, 6) is -0.410. The Labute approximate surface area is 164 Å². The molecule has 2 saturated heterocycles. The van der Waals surface area contributed by atoms with Crippen LogP contribution in [0.1, 0.15) is 15.9 Å². The number of hydrogen-bond acceptors (Lipinski definition) is 8. The summed E-state index contributed by atoms with van der Waals surface area (Å²) in [6.45, 7) is 6.32. The fourth-order valence-electron chi connectivity index (χ4n) is 2.24. The van der Waals surface area contributed by atoms with E-state index < -0.39 is 5.97 Å². The summed E-state index contributed by atoms with van der Waals surface area (Å²) in [6, 6.07) is 5.21. The van der Waals surface area contributed by atoms with E-state index in [-0.39, 0.29) is 18.8 Å². The number of carbonyl (C=O) groups excluding carboxylic acids is 1. The molecule has 154 valence electrons. The first-order valence-corrected chi connectivity index (χ1v) is 9.41. The van der Waals surface area contributed by atoms with Gasteiger partial charge in [0.1, 0.15) is 18.8 Å². The number of rotatable bonds is 13. The van der Waals surface area contributed by atoms with Gasteiger partial charge >= 0.3 is 5.97 Å². The summed E-state index contributed by atoms with van der Waals surface area (Å²) in [5.41, 5.74) is 1.97. The van der Waals surface area contributed by atoms with Gasteiger partial charge in [0.05, 0.1) is 57.4 Å². The van der Waals surface area contributed by atoms with Crippen molar-refractivity contribution in [2.75, 3.05) is 59.8 Å². The largest absolute Gasteiger partial charge is 0.460 e. The molecule has 0 aromatic heterocycles. The monoisotopic (exact) mass is 393 g/mol. The van der Waals surface area contributed by atoms with Gasteiger partial charge in [0.25, 0.3) is 0 Å². The van der Waals surface area contributed by atoms with Gasteiger partial charge in [0.15, 0.2) is 0 Å². The lowest BCUT2D eigenvalue weighted by Crippen LogP contribution is -2.18. The summed E-state index contributed by atoms with van der Waals surface area (Å²) < 4.78 is 26.2. The van der Waals surface area contributed by atoms with Gasteiger partial charge in [0.2, 0.25) is 0 Å². The number of epoxide rings is 2. The molecule has 0 spiro atoms. The minimum absolute atomic E-state index is 0.199. The number of esters is 1. The van der Waals surface area contributed by atoms with Gasteiger partial charge < -0.3 is 23.7 Å². The Hall–Kier alpha value is -2.07. The smallest absolute Gasteiger partial charge is 0.338 e. The van der Waals surface area contributed by atoms with Crippen molar-refractivity contribution in [2.45, 2.75) is 19.1 Å². The van der Waals surface area contributed by atoms with Crippen molar-refractivity contribution in [1.82, 2.24) is 5.01 Å². The second kappa shape index (κ2) is 10.5. The first-order valence-electron chi connectivity index (χ1n) is 9.41. The number of benzene rings is 1. The van der Waals surface area contributed by atoms with E-state index in [1.807, 2.05) is 20.0 Å². The zero-order valence-electron chi connectivity index (χ0n) is 16.3. The summed E-state index contributed by atoms with van der Waals surface area (Å²) in [4.78, 5) is 12.2. The topological polar surface area (TPSA) is 97.8 Å². The van der Waals surface area contributed by atoms with E-state index in [0.29, 0.717) is 44.2 Å². The molecule has 9 heteroatoms. The number of aryl methyl sites for hydroxylation is 1. The van der Waals surface area contributed by atoms with Crippen molar-refractivity contribution in [3.63, 3.8) is 0 Å². The molecule has 1 aromatic carbocycles. The number of likely N-dealkylation sites (N-methyl/N-ethyl adjacent to an activating group) is 1. The predicted molar refractivity (Wildman–Crippen MR) is 99.7 cm³/mol. The molecule has 2 aliphatic rings. The van der Waals surface area contributed by atoms with Crippen molar-refractivity contribution in [2.24, 2.45) is 10.3 Å². The van der Waals surface area contributed by atoms with Gasteiger partial charge in [-0.15, -0.1) is 5.11 Å². The molecule has 0 bridgehead atoms. The highest BCUT2D eigenvalue weighted by Crippen LogP contribution is 2.21. The molecule has 0 amide bonds. The van der Waals surface area contributed by atoms with Crippen LogP contribution in [0.3, 0.4) is 0 Å². The van der Waals surface area contributed by atoms with Crippen LogP contribution in [0.5, 0.6) is 0 Å². The Bertz CT molecular complexity index is 676. The van der Waals surface area contributed by atoms with Gasteiger partial charge in [-0.25, -0.2) is 4.79 Å². The number of ether oxygens (including phenoxy) is 5. The molecule has 0 aliphatic carbocycles. The minimum Gasteiger partial charge on any atom is -0.460 e. The molecule has 0 N–H and O–H groups in total. The maximum absolute atomic E-state index is 12.2. The number of hydrogen-bond donors (Lipinski definition) is 0. The molecule has 0 radical (unpaired) electrons. The average molecular weight is 393 g/mol. The Morgan fingerprint density at radius 3 is 2.50 bits per heavy atom. The fourth-order valence-corrected chi connectivity index (χ4v) is 2.24. The van der Waals surface area contributed by atoms with Crippen molar-refractivity contribution >= 4 is 11.7 Å². The average Bonchev–Trinajstić information content (AvgIpc) is 3.59. The SMILES string of the molecule is Cc1ccc(C(=O)OCCOCC2CO2)cc1N=NN(C)CCOCC1CO1. The van der Waals surface area contributed by atoms with Crippen molar-refractivity contribution in [3.8, 4) is 0 Å². The van der Waals surface area contributed by atoms with Gasteiger partial charge in [-0.1, -0.05) is 11.3 Å². The van der Waals surface area contributed by atoms with Crippen LogP contribution in [0.15, 0.2) is 28.5 Å². The molecule has 0 saturated carbocycles. The van der Waals surface area contributed by atoms with Crippen LogP contribution in [0.2, 0.25) is 0 Å². The van der Waals surface area contributed by atoms with E-state index in [9.17, 15) is 4.79 Å². The Kier molecular flexibility index (Phi) is 7.72. The molecule has 2 unspecified atom stereocenters. The van der Waals surface area contributed by atoms with Gasteiger partial charge in [0, 0.05) is 7.05 Å². The second-order valence-electron chi connectivity index (χ2n) is 6.77. The standard InChI is InChI=1S/C19H27N3O6/c1-14-3-4-15(19(23)26-8-7-25-11-17-13-28-17)9-18(14)20-21-22(2)5-6-24-10-16-12-27-16/h3-4,9,16-17H,5-8,10-13H2,1-2H3. The Morgan fingerprint density at radius 1 is 1.14 bits per heavy atom. The molecule has 2 aliphatic heterocycles. The van der Waals surface area contributed by atoms with Gasteiger partial charge in [-0.3, -0.25) is 5.01 Å². The molecular formula is C19H27N3O6. The molecule has 3 rings (SSSR count). The lowest BCUT2D eigenvalue weighted by Gasteiger charge is -2.11. The van der Waals surface area contributed by atoms with E-state index in [1.54, 1.807) is 17.1 Å². The first kappa shape index (κ1) is 20.7. The number of nitrogens with zero attached hydrogens (tertiary/aromatic N) is 3. The van der Waals surface area contributed by atoms with Crippen LogP contribution < -0.4 is 0 Å². The minimum atomic E-state index is -0.410. The van der Waals surface area contributed by atoms with Crippen LogP contribution in [0, 0.1) is 6.92 Å². The van der Waals surface area contributed by atoms with E-state index in [4.69, 9.17) is 23.7 Å². The Morgan fingerprint density at radius 2 is 1.82 bits per heavy atom. The van der Waals surface area contributed by atoms with Crippen molar-refractivity contribution in [3.05, 3.63) is 29.3 Å². The van der Waals surface area contributed by atoms with E-state index >= 15 is 0 Å². The Balaban J connectivity index is 1.40. The lowest BCUT2D eigenvalue weighted by atomic mass is 10.1. The lowest BCUT2D eigenvalue weighted by molar-refractivity contribution is 0.0296. The number of carbonyl (C=O) groups is 1. The van der Waals surface area contributed by atoms with Crippen LogP contribution in [-0.2, 0) is 23.7 Å². The van der Waals surface area contributed by atoms with E-state index in [1.165, 1.54) is 0 Å². The molecule has 2 heterocycles. The molecule has 9 nitrogen and oxygen atoms in total. The summed E-state index contributed by atoms with van der Waals surface area (Å²) in [7, 11) is 1.82. The predicted octanol–water partition coefficient (Wildman–Crippen LogP) is 1.91. The third kappa shape index (κ3) is 7.51. The van der Waals surface area contributed by atoms with Crippen LogP contribution >= 0.6 is 0 Å². The van der Waals surface area contributed by atoms with Crippen LogP contribution in [0.25, 0.3) is 0 Å². The molecule has 2 fully saturated rings. The van der Waals surface area contributed by atoms with Crippen molar-refractivity contribution < 1.29 is 28.5 Å². The third-order valence-corrected chi connectivity index (χ3v) is 4.18. The van der Waals surface area contributed by atoms with Crippen LogP contribution in [-0.4, -0.2) is 83.0 Å². The van der Waals surface area contributed by atoms with Gasteiger partial charge in [-0.05, 0) is 24.6 Å². The molecular weight excluding hydrogens is 366 g/mol. The maximum Gasteiger partial charge on any atom is 0.338 e. The highest BCUT2D eigenvalue weighted by atomic mass is 16.6. The summed E-state index contributed by atoms with van der Waals surface area (Å²) >= 11 is 0. The summed E-state index contributed by atoms with van der Waals surface area (Å²) in [5, 5.41) is 10.1. The summed E-state index contributed by atoms with van der Waals surface area (Å²) in [6.07, 6.45) is 0.466. The molecule has 1 aromatic rings. The maximum atomic E-state index is 12.2. The highest BCUT2D eigenvalue weighted by molar-refractivity contribution is 5.90. The van der Waals surface area contributed by atoms with Crippen LogP contribution in [0.4, 0.5) is 5.69 Å². The van der Waals surface area contributed by atoms with Crippen molar-refractivity contribution in [1.29, 1.82) is 0 Å². The fraction of sp³-hybridized carbons (Fsp3) is 0.632. The van der Waals surface area contributed by atoms with E-state index in [2.05, 4.69) is 10.3 Å². The molecule has 2 atom stereocenters. The van der Waals surface area contributed by atoms with E-state index in [0.717, 1.165) is 18.8 Å². The highest BCUT2D eigenvalue weighted by Gasteiger charge is 2.22. The zero-order chi connectivity index (χ0) is 19.8. The third-order valence-electron chi connectivity index (χ3n) is 4.18. The normalized spacial score (nSPS) is 20.4. The quantitative estimate of drug-likeness (QED) is 0.166.